The van der Waals surface area contributed by atoms with E-state index in [4.69, 9.17) is 9.47 Å². The van der Waals surface area contributed by atoms with Gasteiger partial charge in [0.15, 0.2) is 11.5 Å². The lowest BCUT2D eigenvalue weighted by atomic mass is 10.3. The lowest BCUT2D eigenvalue weighted by Crippen LogP contribution is -1.93. The number of rotatable bonds is 2. The molecule has 0 radical (unpaired) electrons. The van der Waals surface area contributed by atoms with Crippen molar-refractivity contribution in [2.24, 2.45) is 0 Å². The molecule has 0 bridgehead atoms. The van der Waals surface area contributed by atoms with Crippen LogP contribution in [0.25, 0.3) is 0 Å². The zero-order valence-electron chi connectivity index (χ0n) is 6.73. The Hall–Kier alpha value is -0.520. The molecule has 0 heterocycles. The van der Waals surface area contributed by atoms with Crippen LogP contribution >= 0.6 is 22.6 Å². The molecule has 1 rings (SSSR count). The van der Waals surface area contributed by atoms with Gasteiger partial charge in [-0.15, -0.1) is 0 Å². The molecule has 0 N–H and O–H groups in total. The molecule has 4 heteroatoms. The highest BCUT2D eigenvalue weighted by Crippen LogP contribution is 2.30. The van der Waals surface area contributed by atoms with Crippen LogP contribution in [0.4, 0.5) is 4.39 Å². The van der Waals surface area contributed by atoms with Crippen molar-refractivity contribution in [1.82, 2.24) is 0 Å². The van der Waals surface area contributed by atoms with Crippen LogP contribution in [0.1, 0.15) is 0 Å². The maximum absolute atomic E-state index is 12.9. The monoisotopic (exact) mass is 282 g/mol. The summed E-state index contributed by atoms with van der Waals surface area (Å²) in [6.45, 7) is 0. The van der Waals surface area contributed by atoms with E-state index in [1.54, 1.807) is 6.07 Å². The molecule has 0 aliphatic heterocycles. The molecule has 0 saturated heterocycles. The molecular weight excluding hydrogens is 274 g/mol. The smallest absolute Gasteiger partial charge is 0.163 e. The Morgan fingerprint density at radius 2 is 1.67 bits per heavy atom. The molecule has 0 aliphatic carbocycles. The minimum Gasteiger partial charge on any atom is -0.493 e. The summed E-state index contributed by atoms with van der Waals surface area (Å²) >= 11 is 1.90. The average Bonchev–Trinajstić information content (AvgIpc) is 2.09. The van der Waals surface area contributed by atoms with Crippen LogP contribution in [-0.2, 0) is 0 Å². The van der Waals surface area contributed by atoms with E-state index in [1.807, 2.05) is 22.6 Å². The summed E-state index contributed by atoms with van der Waals surface area (Å²) in [5.74, 6) is 0.659. The van der Waals surface area contributed by atoms with Gasteiger partial charge in [0, 0.05) is 12.1 Å². The lowest BCUT2D eigenvalue weighted by molar-refractivity contribution is 0.352. The first-order valence-electron chi connectivity index (χ1n) is 3.26. The molecular formula is C8H8FIO2. The van der Waals surface area contributed by atoms with E-state index in [0.29, 0.717) is 15.1 Å². The summed E-state index contributed by atoms with van der Waals surface area (Å²) in [5, 5.41) is 0. The molecule has 0 aliphatic rings. The Labute approximate surface area is 83.8 Å². The van der Waals surface area contributed by atoms with Crippen molar-refractivity contribution in [2.45, 2.75) is 0 Å². The molecule has 0 fully saturated rings. The fourth-order valence-corrected chi connectivity index (χ4v) is 1.27. The predicted molar refractivity (Wildman–Crippen MR) is 52.2 cm³/mol. The van der Waals surface area contributed by atoms with Gasteiger partial charge in [0.25, 0.3) is 0 Å². The van der Waals surface area contributed by atoms with E-state index < -0.39 is 0 Å². The van der Waals surface area contributed by atoms with Gasteiger partial charge in [-0.2, -0.15) is 0 Å². The van der Waals surface area contributed by atoms with Crippen LogP contribution in [0.5, 0.6) is 11.5 Å². The normalized spacial score (nSPS) is 9.67. The summed E-state index contributed by atoms with van der Waals surface area (Å²) in [6.07, 6.45) is 0. The number of methoxy groups -OCH3 is 2. The fraction of sp³-hybridized carbons (Fsp3) is 0.250. The molecule has 1 aromatic carbocycles. The van der Waals surface area contributed by atoms with Gasteiger partial charge in [-0.3, -0.25) is 0 Å². The van der Waals surface area contributed by atoms with Gasteiger partial charge in [-0.1, -0.05) is 0 Å². The molecule has 1 aromatic rings. The van der Waals surface area contributed by atoms with Gasteiger partial charge >= 0.3 is 0 Å². The third-order valence-electron chi connectivity index (χ3n) is 1.43. The van der Waals surface area contributed by atoms with Gasteiger partial charge in [-0.25, -0.2) is 4.39 Å². The van der Waals surface area contributed by atoms with Crippen molar-refractivity contribution in [3.8, 4) is 11.5 Å². The second kappa shape index (κ2) is 3.93. The van der Waals surface area contributed by atoms with Gasteiger partial charge in [0.1, 0.15) is 5.82 Å². The van der Waals surface area contributed by atoms with Crippen LogP contribution in [0, 0.1) is 9.39 Å². The molecule has 12 heavy (non-hydrogen) atoms. The van der Waals surface area contributed by atoms with Gasteiger partial charge < -0.3 is 9.47 Å². The zero-order valence-corrected chi connectivity index (χ0v) is 8.88. The molecule has 0 aromatic heterocycles. The standard InChI is InChI=1S/C8H8FIO2/c1-11-7-3-5(9)6(10)4-8(7)12-2/h3-4H,1-2H3. The maximum atomic E-state index is 12.9. The highest BCUT2D eigenvalue weighted by molar-refractivity contribution is 14.1. The van der Waals surface area contributed by atoms with Crippen molar-refractivity contribution in [3.05, 3.63) is 21.5 Å². The maximum Gasteiger partial charge on any atom is 0.163 e. The molecule has 0 spiro atoms. The Bertz CT molecular complexity index is 260. The first kappa shape index (κ1) is 9.57. The van der Waals surface area contributed by atoms with E-state index in [2.05, 4.69) is 0 Å². The number of benzene rings is 1. The molecule has 66 valence electrons. The lowest BCUT2D eigenvalue weighted by Gasteiger charge is -2.07. The molecule has 2 nitrogen and oxygen atoms in total. The van der Waals surface area contributed by atoms with Crippen molar-refractivity contribution in [1.29, 1.82) is 0 Å². The number of halogens is 2. The van der Waals surface area contributed by atoms with Crippen molar-refractivity contribution < 1.29 is 13.9 Å². The summed E-state index contributed by atoms with van der Waals surface area (Å²) < 4.78 is 23.3. The first-order chi connectivity index (χ1) is 5.69. The van der Waals surface area contributed by atoms with Crippen molar-refractivity contribution in [3.63, 3.8) is 0 Å². The molecule has 0 atom stereocenters. The van der Waals surface area contributed by atoms with E-state index in [9.17, 15) is 4.39 Å². The largest absolute Gasteiger partial charge is 0.493 e. The predicted octanol–water partition coefficient (Wildman–Crippen LogP) is 2.45. The average molecular weight is 282 g/mol. The molecule has 0 unspecified atom stereocenters. The minimum absolute atomic E-state index is 0.298. The molecule has 0 amide bonds. The van der Waals surface area contributed by atoms with Crippen molar-refractivity contribution in [2.75, 3.05) is 14.2 Å². The fourth-order valence-electron chi connectivity index (χ4n) is 0.829. The minimum atomic E-state index is -0.298. The van der Waals surface area contributed by atoms with Crippen LogP contribution in [-0.4, -0.2) is 14.2 Å². The summed E-state index contributed by atoms with van der Waals surface area (Å²) in [4.78, 5) is 0. The van der Waals surface area contributed by atoms with Gasteiger partial charge in [0.2, 0.25) is 0 Å². The van der Waals surface area contributed by atoms with Gasteiger partial charge in [0.05, 0.1) is 17.8 Å². The number of hydrogen-bond donors (Lipinski definition) is 0. The Morgan fingerprint density at radius 1 is 1.17 bits per heavy atom. The topological polar surface area (TPSA) is 18.5 Å². The Kier molecular flexibility index (Phi) is 3.13. The van der Waals surface area contributed by atoms with Crippen LogP contribution < -0.4 is 9.47 Å². The second-order valence-electron chi connectivity index (χ2n) is 2.12. The van der Waals surface area contributed by atoms with Crippen LogP contribution in [0.2, 0.25) is 0 Å². The quantitative estimate of drug-likeness (QED) is 0.776. The summed E-state index contributed by atoms with van der Waals surface area (Å²) in [5.41, 5.74) is 0. The third-order valence-corrected chi connectivity index (χ3v) is 2.25. The Balaban J connectivity index is 3.19. The van der Waals surface area contributed by atoms with Crippen LogP contribution in [0.3, 0.4) is 0 Å². The summed E-state index contributed by atoms with van der Waals surface area (Å²) in [7, 11) is 3.00. The number of hydrogen-bond acceptors (Lipinski definition) is 2. The van der Waals surface area contributed by atoms with E-state index in [0.717, 1.165) is 0 Å². The highest BCUT2D eigenvalue weighted by Gasteiger charge is 2.08. The van der Waals surface area contributed by atoms with Gasteiger partial charge in [-0.05, 0) is 22.6 Å². The van der Waals surface area contributed by atoms with E-state index in [-0.39, 0.29) is 5.82 Å². The number of ether oxygens (including phenoxy) is 2. The van der Waals surface area contributed by atoms with Crippen LogP contribution in [0.15, 0.2) is 12.1 Å². The first-order valence-corrected chi connectivity index (χ1v) is 4.34. The second-order valence-corrected chi connectivity index (χ2v) is 3.28. The van der Waals surface area contributed by atoms with Crippen molar-refractivity contribution >= 4 is 22.6 Å². The molecule has 0 saturated carbocycles. The Morgan fingerprint density at radius 3 is 2.17 bits per heavy atom. The summed E-state index contributed by atoms with van der Waals surface area (Å²) in [6, 6.07) is 2.90. The third kappa shape index (κ3) is 1.80. The SMILES string of the molecule is COc1cc(F)c(I)cc1OC. The van der Waals surface area contributed by atoms with E-state index in [1.165, 1.54) is 20.3 Å². The van der Waals surface area contributed by atoms with E-state index >= 15 is 0 Å². The highest BCUT2D eigenvalue weighted by atomic mass is 127. The zero-order chi connectivity index (χ0) is 9.14.